The number of rotatable bonds is 13. The first-order valence-electron chi connectivity index (χ1n) is 14.9. The highest BCUT2D eigenvalue weighted by molar-refractivity contribution is 7.92. The first kappa shape index (κ1) is 33.3. The molecule has 4 aromatic carbocycles. The lowest BCUT2D eigenvalue weighted by Gasteiger charge is -2.34. The van der Waals surface area contributed by atoms with Crippen molar-refractivity contribution >= 4 is 27.5 Å². The Morgan fingerprint density at radius 2 is 1.47 bits per heavy atom. The normalized spacial score (nSPS) is 12.0. The van der Waals surface area contributed by atoms with E-state index < -0.39 is 28.5 Å². The highest BCUT2D eigenvalue weighted by Crippen LogP contribution is 2.29. The van der Waals surface area contributed by atoms with Gasteiger partial charge in [0.2, 0.25) is 11.8 Å². The number of ether oxygens (including phenoxy) is 1. The van der Waals surface area contributed by atoms with Gasteiger partial charge in [0, 0.05) is 19.0 Å². The van der Waals surface area contributed by atoms with E-state index in [0.717, 1.165) is 21.0 Å². The predicted molar refractivity (Wildman–Crippen MR) is 178 cm³/mol. The average molecular weight is 628 g/mol. The van der Waals surface area contributed by atoms with Crippen LogP contribution < -0.4 is 14.4 Å². The van der Waals surface area contributed by atoms with Gasteiger partial charge in [-0.3, -0.25) is 13.9 Å². The summed E-state index contributed by atoms with van der Waals surface area (Å²) in [7, 11) is -2.60. The molecule has 1 N–H and O–H groups in total. The van der Waals surface area contributed by atoms with Gasteiger partial charge in [0.15, 0.2) is 0 Å². The van der Waals surface area contributed by atoms with Gasteiger partial charge in [-0.05, 0) is 80.3 Å². The first-order valence-corrected chi connectivity index (χ1v) is 16.4. The molecule has 4 rings (SSSR count). The maximum atomic E-state index is 14.6. The van der Waals surface area contributed by atoms with Crippen LogP contribution in [0.15, 0.2) is 108 Å². The molecule has 0 unspecified atom stereocenters. The monoisotopic (exact) mass is 627 g/mol. The number of nitrogens with one attached hydrogen (secondary N) is 1. The molecule has 1 atom stereocenters. The lowest BCUT2D eigenvalue weighted by Crippen LogP contribution is -2.54. The minimum Gasteiger partial charge on any atom is -0.497 e. The largest absolute Gasteiger partial charge is 0.497 e. The van der Waals surface area contributed by atoms with Crippen molar-refractivity contribution in [3.8, 4) is 5.75 Å². The van der Waals surface area contributed by atoms with Crippen molar-refractivity contribution < 1.29 is 22.7 Å². The fourth-order valence-corrected chi connectivity index (χ4v) is 6.61. The Kier molecular flexibility index (Phi) is 11.0. The molecular formula is C36H41N3O5S. The van der Waals surface area contributed by atoms with E-state index in [1.165, 1.54) is 17.0 Å². The van der Waals surface area contributed by atoms with E-state index in [-0.39, 0.29) is 29.8 Å². The van der Waals surface area contributed by atoms with Crippen LogP contribution in [0, 0.1) is 13.8 Å². The van der Waals surface area contributed by atoms with Crippen LogP contribution in [-0.4, -0.2) is 50.9 Å². The predicted octanol–water partition coefficient (Wildman–Crippen LogP) is 5.67. The number of carbonyl (C=O) groups excluding carboxylic acids is 2. The Bertz CT molecular complexity index is 1710. The number of hydrogen-bond acceptors (Lipinski definition) is 5. The van der Waals surface area contributed by atoms with Crippen LogP contribution in [0.5, 0.6) is 5.75 Å². The van der Waals surface area contributed by atoms with Crippen LogP contribution in [0.25, 0.3) is 0 Å². The summed E-state index contributed by atoms with van der Waals surface area (Å²) in [5.41, 5.74) is 3.56. The molecule has 0 spiro atoms. The third-order valence-electron chi connectivity index (χ3n) is 7.43. The maximum absolute atomic E-state index is 14.6. The highest BCUT2D eigenvalue weighted by atomic mass is 32.2. The van der Waals surface area contributed by atoms with E-state index in [1.54, 1.807) is 37.4 Å². The van der Waals surface area contributed by atoms with Gasteiger partial charge in [0.1, 0.15) is 18.3 Å². The van der Waals surface area contributed by atoms with Gasteiger partial charge in [0.25, 0.3) is 10.0 Å². The summed E-state index contributed by atoms with van der Waals surface area (Å²) in [5.74, 6) is -0.234. The van der Waals surface area contributed by atoms with Gasteiger partial charge in [-0.15, -0.1) is 0 Å². The minimum absolute atomic E-state index is 0.0606. The summed E-state index contributed by atoms with van der Waals surface area (Å²) >= 11 is 0. The molecule has 0 fully saturated rings. The molecule has 0 heterocycles. The minimum atomic E-state index is -4.16. The standard InChI is InChI=1S/C36H41N3O5S/c1-26(2)37-36(41)34(23-29-13-8-6-9-14-29)38(24-30-15-12-16-31(22-30)44-5)35(40)25-39(33-21-27(3)19-20-28(33)4)45(42,43)32-17-10-7-11-18-32/h6-22,26,34H,23-25H2,1-5H3,(H,37,41)/t34-/m1/s1. The van der Waals surface area contributed by atoms with Crippen molar-refractivity contribution in [3.63, 3.8) is 0 Å². The molecule has 236 valence electrons. The van der Waals surface area contributed by atoms with E-state index in [1.807, 2.05) is 88.4 Å². The van der Waals surface area contributed by atoms with Crippen molar-refractivity contribution in [1.82, 2.24) is 10.2 Å². The van der Waals surface area contributed by atoms with Gasteiger partial charge in [0.05, 0.1) is 17.7 Å². The lowest BCUT2D eigenvalue weighted by molar-refractivity contribution is -0.140. The molecule has 9 heteroatoms. The van der Waals surface area contributed by atoms with Gasteiger partial charge in [-0.2, -0.15) is 0 Å². The molecule has 0 aliphatic heterocycles. The number of benzene rings is 4. The molecule has 8 nitrogen and oxygen atoms in total. The third kappa shape index (κ3) is 8.51. The molecule has 0 aromatic heterocycles. The van der Waals surface area contributed by atoms with Crippen LogP contribution in [0.4, 0.5) is 5.69 Å². The Balaban J connectivity index is 1.84. The molecule has 0 radical (unpaired) electrons. The molecular weight excluding hydrogens is 586 g/mol. The van der Waals surface area contributed by atoms with Crippen molar-refractivity contribution in [2.24, 2.45) is 0 Å². The number of anilines is 1. The third-order valence-corrected chi connectivity index (χ3v) is 9.21. The zero-order chi connectivity index (χ0) is 32.6. The van der Waals surface area contributed by atoms with E-state index in [9.17, 15) is 18.0 Å². The second-order valence-electron chi connectivity index (χ2n) is 11.4. The van der Waals surface area contributed by atoms with Crippen molar-refractivity contribution in [2.75, 3.05) is 18.0 Å². The number of aryl methyl sites for hydroxylation is 2. The second kappa shape index (κ2) is 14.9. The Hall–Kier alpha value is -4.63. The Labute approximate surface area is 266 Å². The zero-order valence-corrected chi connectivity index (χ0v) is 27.3. The van der Waals surface area contributed by atoms with Crippen LogP contribution in [-0.2, 0) is 32.6 Å². The summed E-state index contributed by atoms with van der Waals surface area (Å²) in [5, 5.41) is 2.98. The molecule has 45 heavy (non-hydrogen) atoms. The summed E-state index contributed by atoms with van der Waals surface area (Å²) in [4.78, 5) is 30.0. The number of hydrogen-bond donors (Lipinski definition) is 1. The SMILES string of the molecule is COc1cccc(CN(C(=O)CN(c2cc(C)ccc2C)S(=O)(=O)c2ccccc2)[C@H](Cc2ccccc2)C(=O)NC(C)C)c1. The molecule has 2 amide bonds. The molecule has 4 aromatic rings. The van der Waals surface area contributed by atoms with Crippen molar-refractivity contribution in [3.05, 3.63) is 125 Å². The van der Waals surface area contributed by atoms with Crippen LogP contribution in [0.3, 0.4) is 0 Å². The van der Waals surface area contributed by atoms with E-state index >= 15 is 0 Å². The van der Waals surface area contributed by atoms with Gasteiger partial charge >= 0.3 is 0 Å². The van der Waals surface area contributed by atoms with Crippen LogP contribution in [0.1, 0.15) is 36.1 Å². The fraction of sp³-hybridized carbons (Fsp3) is 0.278. The van der Waals surface area contributed by atoms with E-state index in [0.29, 0.717) is 17.0 Å². The quantitative estimate of drug-likeness (QED) is 0.206. The smallest absolute Gasteiger partial charge is 0.264 e. The van der Waals surface area contributed by atoms with Crippen molar-refractivity contribution in [2.45, 2.75) is 57.6 Å². The molecule has 0 saturated carbocycles. The number of sulfonamides is 1. The molecule has 0 saturated heterocycles. The van der Waals surface area contributed by atoms with Gasteiger partial charge in [-0.1, -0.05) is 72.8 Å². The molecule has 0 bridgehead atoms. The zero-order valence-electron chi connectivity index (χ0n) is 26.4. The summed E-state index contributed by atoms with van der Waals surface area (Å²) in [6.45, 7) is 6.96. The number of amides is 2. The van der Waals surface area contributed by atoms with Crippen LogP contribution >= 0.6 is 0 Å². The number of carbonyl (C=O) groups is 2. The van der Waals surface area contributed by atoms with Crippen LogP contribution in [0.2, 0.25) is 0 Å². The highest BCUT2D eigenvalue weighted by Gasteiger charge is 2.35. The van der Waals surface area contributed by atoms with E-state index in [2.05, 4.69) is 5.32 Å². The van der Waals surface area contributed by atoms with Gasteiger partial charge < -0.3 is 15.0 Å². The summed E-state index contributed by atoms with van der Waals surface area (Å²) in [6.07, 6.45) is 0.240. The average Bonchev–Trinajstić information content (AvgIpc) is 3.03. The topological polar surface area (TPSA) is 96.0 Å². The molecule has 0 aliphatic rings. The maximum Gasteiger partial charge on any atom is 0.264 e. The fourth-order valence-electron chi connectivity index (χ4n) is 5.12. The number of nitrogens with zero attached hydrogens (tertiary/aromatic N) is 2. The van der Waals surface area contributed by atoms with Crippen molar-refractivity contribution in [1.29, 1.82) is 0 Å². The summed E-state index contributed by atoms with van der Waals surface area (Å²) in [6, 6.07) is 29.2. The Morgan fingerprint density at radius 1 is 0.822 bits per heavy atom. The number of methoxy groups -OCH3 is 1. The Morgan fingerprint density at radius 3 is 2.11 bits per heavy atom. The lowest BCUT2D eigenvalue weighted by atomic mass is 10.0. The van der Waals surface area contributed by atoms with E-state index in [4.69, 9.17) is 4.74 Å². The second-order valence-corrected chi connectivity index (χ2v) is 13.2. The summed E-state index contributed by atoms with van der Waals surface area (Å²) < 4.78 is 35.0. The van der Waals surface area contributed by atoms with Gasteiger partial charge in [-0.25, -0.2) is 8.42 Å². The first-order chi connectivity index (χ1) is 21.5. The molecule has 0 aliphatic carbocycles.